The summed E-state index contributed by atoms with van der Waals surface area (Å²) < 4.78 is 39.7. The van der Waals surface area contributed by atoms with Gasteiger partial charge in [0.2, 0.25) is 0 Å². The summed E-state index contributed by atoms with van der Waals surface area (Å²) in [6, 6.07) is 8.76. The first-order chi connectivity index (χ1) is 18.8. The van der Waals surface area contributed by atoms with Crippen molar-refractivity contribution in [3.05, 3.63) is 71.1 Å². The van der Waals surface area contributed by atoms with Crippen LogP contribution in [0, 0.1) is 18.3 Å². The maximum Gasteiger partial charge on any atom is 0.389 e. The highest BCUT2D eigenvalue weighted by Crippen LogP contribution is 2.29. The fraction of sp³-hybridized carbons (Fsp3) is 0.429. The number of nitrogens with one attached hydrogen (secondary N) is 2. The Balaban J connectivity index is 1.20. The van der Waals surface area contributed by atoms with Crippen LogP contribution in [0.4, 0.5) is 19.0 Å². The van der Waals surface area contributed by atoms with E-state index in [0.29, 0.717) is 24.5 Å². The SMILES string of the molecule is Cc1c(CN2CCC(Nc3ncncc3CCCC(F)(F)F)CC2)ccc2c1cc(C#N)n2Cc1cn[nH]c1. The summed E-state index contributed by atoms with van der Waals surface area (Å²) in [5.41, 5.74) is 5.82. The second kappa shape index (κ2) is 11.5. The fourth-order valence-electron chi connectivity index (χ4n) is 5.32. The van der Waals surface area contributed by atoms with Crippen molar-refractivity contribution in [1.29, 1.82) is 5.26 Å². The Morgan fingerprint density at radius 2 is 1.97 bits per heavy atom. The molecule has 1 aliphatic heterocycles. The molecule has 39 heavy (non-hydrogen) atoms. The Morgan fingerprint density at radius 1 is 1.15 bits per heavy atom. The number of hydrogen-bond acceptors (Lipinski definition) is 6. The summed E-state index contributed by atoms with van der Waals surface area (Å²) >= 11 is 0. The molecule has 0 unspecified atom stereocenters. The van der Waals surface area contributed by atoms with Gasteiger partial charge in [-0.15, -0.1) is 0 Å². The van der Waals surface area contributed by atoms with Gasteiger partial charge in [0.1, 0.15) is 23.9 Å². The molecule has 0 atom stereocenters. The minimum absolute atomic E-state index is 0.0241. The summed E-state index contributed by atoms with van der Waals surface area (Å²) in [6.07, 6.45) is 3.83. The smallest absolute Gasteiger partial charge is 0.367 e. The molecule has 0 bridgehead atoms. The van der Waals surface area contributed by atoms with Crippen LogP contribution in [-0.2, 0) is 19.5 Å². The van der Waals surface area contributed by atoms with Crippen molar-refractivity contribution in [1.82, 2.24) is 29.6 Å². The number of nitriles is 1. The normalized spacial score (nSPS) is 15.1. The van der Waals surface area contributed by atoms with E-state index in [9.17, 15) is 18.4 Å². The molecule has 0 aliphatic carbocycles. The number of H-pyrrole nitrogens is 1. The lowest BCUT2D eigenvalue weighted by Crippen LogP contribution is -2.39. The van der Waals surface area contributed by atoms with Gasteiger partial charge in [0.15, 0.2) is 0 Å². The van der Waals surface area contributed by atoms with Gasteiger partial charge in [-0.2, -0.15) is 23.5 Å². The van der Waals surface area contributed by atoms with Crippen molar-refractivity contribution < 1.29 is 13.2 Å². The van der Waals surface area contributed by atoms with E-state index in [4.69, 9.17) is 0 Å². The van der Waals surface area contributed by atoms with Crippen LogP contribution in [0.1, 0.15) is 53.6 Å². The van der Waals surface area contributed by atoms with Crippen LogP contribution in [0.25, 0.3) is 10.9 Å². The van der Waals surface area contributed by atoms with Crippen LogP contribution < -0.4 is 5.32 Å². The molecule has 4 heterocycles. The van der Waals surface area contributed by atoms with E-state index in [0.717, 1.165) is 54.5 Å². The van der Waals surface area contributed by atoms with Gasteiger partial charge < -0.3 is 9.88 Å². The summed E-state index contributed by atoms with van der Waals surface area (Å²) in [5.74, 6) is 0.639. The molecular weight excluding hydrogens is 505 g/mol. The van der Waals surface area contributed by atoms with E-state index in [1.54, 1.807) is 12.4 Å². The molecule has 1 aromatic carbocycles. The average molecular weight is 537 g/mol. The minimum Gasteiger partial charge on any atom is -0.367 e. The maximum atomic E-state index is 12.6. The number of fused-ring (bicyclic) bond motifs is 1. The number of aromatic amines is 1. The molecule has 3 aromatic heterocycles. The summed E-state index contributed by atoms with van der Waals surface area (Å²) in [4.78, 5) is 10.7. The van der Waals surface area contributed by atoms with Gasteiger partial charge in [-0.1, -0.05) is 6.07 Å². The summed E-state index contributed by atoms with van der Waals surface area (Å²) in [6.45, 7) is 5.31. The van der Waals surface area contributed by atoms with Gasteiger partial charge in [-0.25, -0.2) is 9.97 Å². The van der Waals surface area contributed by atoms with E-state index >= 15 is 0 Å². The maximum absolute atomic E-state index is 12.6. The monoisotopic (exact) mass is 536 g/mol. The number of likely N-dealkylation sites (tertiary alicyclic amines) is 1. The second-order valence-corrected chi connectivity index (χ2v) is 10.2. The van der Waals surface area contributed by atoms with Crippen LogP contribution in [0.3, 0.4) is 0 Å². The number of rotatable bonds is 9. The van der Waals surface area contributed by atoms with E-state index in [1.807, 2.05) is 16.8 Å². The summed E-state index contributed by atoms with van der Waals surface area (Å²) in [7, 11) is 0. The zero-order valence-electron chi connectivity index (χ0n) is 21.8. The van der Waals surface area contributed by atoms with Crippen molar-refractivity contribution in [3.63, 3.8) is 0 Å². The Morgan fingerprint density at radius 3 is 2.69 bits per heavy atom. The lowest BCUT2D eigenvalue weighted by atomic mass is 10.0. The molecule has 5 rings (SSSR count). The highest BCUT2D eigenvalue weighted by Gasteiger charge is 2.27. The van der Waals surface area contributed by atoms with Crippen LogP contribution in [0.5, 0.6) is 0 Å². The Labute approximate surface area is 224 Å². The molecule has 1 saturated heterocycles. The number of aromatic nitrogens is 5. The number of alkyl halides is 3. The van der Waals surface area contributed by atoms with Crippen molar-refractivity contribution >= 4 is 16.7 Å². The van der Waals surface area contributed by atoms with Crippen molar-refractivity contribution in [2.45, 2.75) is 64.3 Å². The third-order valence-electron chi connectivity index (χ3n) is 7.49. The van der Waals surface area contributed by atoms with Crippen LogP contribution in [-0.4, -0.2) is 54.9 Å². The Hall–Kier alpha value is -3.91. The standard InChI is InChI=1S/C28H31F3N8/c1-19-22(4-5-26-25(19)11-24(12-32)39(26)16-20-13-35-36-14-20)17-38-9-6-23(7-10-38)37-27-21(15-33-18-34-27)3-2-8-28(29,30)31/h4-5,11,13-15,18,23H,2-3,6-10,16-17H2,1H3,(H,35,36)(H,33,34,37). The molecule has 0 saturated carbocycles. The number of hydrogen-bond donors (Lipinski definition) is 2. The minimum atomic E-state index is -4.15. The van der Waals surface area contributed by atoms with E-state index in [-0.39, 0.29) is 12.5 Å². The zero-order valence-corrected chi connectivity index (χ0v) is 21.8. The number of benzene rings is 1. The van der Waals surface area contributed by atoms with Gasteiger partial charge in [-0.05, 0) is 55.9 Å². The molecule has 2 N–H and O–H groups in total. The third-order valence-corrected chi connectivity index (χ3v) is 7.49. The zero-order chi connectivity index (χ0) is 27.4. The molecule has 0 amide bonds. The van der Waals surface area contributed by atoms with Crippen molar-refractivity contribution in [2.24, 2.45) is 0 Å². The van der Waals surface area contributed by atoms with Crippen LogP contribution in [0.2, 0.25) is 0 Å². The molecule has 1 aliphatic rings. The van der Waals surface area contributed by atoms with Gasteiger partial charge in [-0.3, -0.25) is 10.00 Å². The Kier molecular flexibility index (Phi) is 7.84. The van der Waals surface area contributed by atoms with E-state index in [1.165, 1.54) is 17.5 Å². The van der Waals surface area contributed by atoms with Crippen LogP contribution in [0.15, 0.2) is 43.1 Å². The molecule has 204 valence electrons. The number of anilines is 1. The number of piperidine rings is 1. The second-order valence-electron chi connectivity index (χ2n) is 10.2. The van der Waals surface area contributed by atoms with Gasteiger partial charge in [0.25, 0.3) is 0 Å². The largest absolute Gasteiger partial charge is 0.389 e. The van der Waals surface area contributed by atoms with Gasteiger partial charge in [0, 0.05) is 66.5 Å². The first-order valence-electron chi connectivity index (χ1n) is 13.1. The molecule has 4 aromatic rings. The van der Waals surface area contributed by atoms with Gasteiger partial charge in [0.05, 0.1) is 12.7 Å². The lowest BCUT2D eigenvalue weighted by Gasteiger charge is -2.33. The highest BCUT2D eigenvalue weighted by molar-refractivity contribution is 5.86. The van der Waals surface area contributed by atoms with Crippen LogP contribution >= 0.6 is 0 Å². The quantitative estimate of drug-likeness (QED) is 0.300. The molecule has 1 fully saturated rings. The molecule has 11 heteroatoms. The van der Waals surface area contributed by atoms with E-state index in [2.05, 4.69) is 55.5 Å². The summed E-state index contributed by atoms with van der Waals surface area (Å²) in [5, 5.41) is 21.1. The average Bonchev–Trinajstić information content (AvgIpc) is 3.56. The van der Waals surface area contributed by atoms with Crippen molar-refractivity contribution in [3.8, 4) is 6.07 Å². The first-order valence-corrected chi connectivity index (χ1v) is 13.1. The lowest BCUT2D eigenvalue weighted by molar-refractivity contribution is -0.135. The third kappa shape index (κ3) is 6.40. The van der Waals surface area contributed by atoms with Crippen molar-refractivity contribution in [2.75, 3.05) is 18.4 Å². The molecule has 0 radical (unpaired) electrons. The number of aryl methyl sites for hydroxylation is 2. The first kappa shape index (κ1) is 26.7. The predicted octanol–water partition coefficient (Wildman–Crippen LogP) is 5.34. The predicted molar refractivity (Wildman–Crippen MR) is 142 cm³/mol. The fourth-order valence-corrected chi connectivity index (χ4v) is 5.32. The highest BCUT2D eigenvalue weighted by atomic mass is 19.4. The number of halogens is 3. The molecular formula is C28H31F3N8. The van der Waals surface area contributed by atoms with Gasteiger partial charge >= 0.3 is 6.18 Å². The number of nitrogens with zero attached hydrogens (tertiary/aromatic N) is 6. The molecule has 8 nitrogen and oxygen atoms in total. The van der Waals surface area contributed by atoms with E-state index < -0.39 is 12.6 Å². The topological polar surface area (TPSA) is 98.5 Å². The molecule has 0 spiro atoms. The Bertz CT molecular complexity index is 1440.